The maximum atomic E-state index is 12.5. The molecule has 8 heteroatoms. The van der Waals surface area contributed by atoms with Gasteiger partial charge >= 0.3 is 0 Å². The van der Waals surface area contributed by atoms with Gasteiger partial charge in [0.15, 0.2) is 0 Å². The normalized spacial score (nSPS) is 13.1. The van der Waals surface area contributed by atoms with Gasteiger partial charge < -0.3 is 5.32 Å². The monoisotopic (exact) mass is 394 g/mol. The molecule has 4 rings (SSSR count). The van der Waals surface area contributed by atoms with Crippen molar-refractivity contribution in [2.24, 2.45) is 0 Å². The van der Waals surface area contributed by atoms with Crippen LogP contribution in [0.2, 0.25) is 0 Å². The van der Waals surface area contributed by atoms with Crippen molar-refractivity contribution in [3.05, 3.63) is 61.0 Å². The van der Waals surface area contributed by atoms with Gasteiger partial charge in [0.1, 0.15) is 11.1 Å². The van der Waals surface area contributed by atoms with Crippen LogP contribution in [0, 0.1) is 11.3 Å². The van der Waals surface area contributed by atoms with Gasteiger partial charge in [-0.1, -0.05) is 12.1 Å². The molecule has 2 aromatic heterocycles. The van der Waals surface area contributed by atoms with E-state index in [0.29, 0.717) is 21.3 Å². The molecule has 0 saturated heterocycles. The molecular formula is C20H18N4O3S. The molecule has 1 aromatic carbocycles. The standard InChI is InChI=1S/C20H18N4O3S/c21-11-15-12-5-3-4-8-16(12)28-19(15)22-17(25)9-10-24-20(27)14-7-2-1-6-13(14)18(26)23-24/h1-2,6-7H,3-5,8-10H2,(H,22,25)(H,23,26). The quantitative estimate of drug-likeness (QED) is 0.709. The predicted molar refractivity (Wildman–Crippen MR) is 108 cm³/mol. The largest absolute Gasteiger partial charge is 0.317 e. The molecule has 0 fully saturated rings. The van der Waals surface area contributed by atoms with Gasteiger partial charge in [-0.3, -0.25) is 19.5 Å². The van der Waals surface area contributed by atoms with Crippen LogP contribution >= 0.6 is 11.3 Å². The Kier molecular flexibility index (Phi) is 4.84. The highest BCUT2D eigenvalue weighted by atomic mass is 32.1. The van der Waals surface area contributed by atoms with Gasteiger partial charge in [0.2, 0.25) is 5.91 Å². The summed E-state index contributed by atoms with van der Waals surface area (Å²) in [7, 11) is 0. The Morgan fingerprint density at radius 1 is 1.21 bits per heavy atom. The lowest BCUT2D eigenvalue weighted by molar-refractivity contribution is -0.116. The Bertz CT molecular complexity index is 1230. The number of thiophene rings is 1. The molecule has 7 nitrogen and oxygen atoms in total. The van der Waals surface area contributed by atoms with E-state index in [2.05, 4.69) is 16.5 Å². The van der Waals surface area contributed by atoms with Crippen LogP contribution in [0.15, 0.2) is 33.9 Å². The summed E-state index contributed by atoms with van der Waals surface area (Å²) >= 11 is 1.46. The molecular weight excluding hydrogens is 376 g/mol. The smallest absolute Gasteiger partial charge is 0.273 e. The number of nitrogens with zero attached hydrogens (tertiary/aromatic N) is 2. The number of carbonyl (C=O) groups excluding carboxylic acids is 1. The minimum absolute atomic E-state index is 0.0155. The molecule has 0 bridgehead atoms. The summed E-state index contributed by atoms with van der Waals surface area (Å²) in [4.78, 5) is 38.2. The lowest BCUT2D eigenvalue weighted by atomic mass is 9.96. The third-order valence-electron chi connectivity index (χ3n) is 4.98. The van der Waals surface area contributed by atoms with Gasteiger partial charge in [0.25, 0.3) is 11.1 Å². The zero-order valence-electron chi connectivity index (χ0n) is 15.1. The molecule has 0 spiro atoms. The Morgan fingerprint density at radius 3 is 2.75 bits per heavy atom. The molecule has 1 amide bonds. The van der Waals surface area contributed by atoms with Gasteiger partial charge in [0, 0.05) is 11.3 Å². The first kappa shape index (κ1) is 18.2. The molecule has 0 unspecified atom stereocenters. The van der Waals surface area contributed by atoms with E-state index < -0.39 is 0 Å². The van der Waals surface area contributed by atoms with Crippen LogP contribution in [0.4, 0.5) is 5.00 Å². The third kappa shape index (κ3) is 3.25. The number of aromatic amines is 1. The van der Waals surface area contributed by atoms with Crippen molar-refractivity contribution < 1.29 is 4.79 Å². The Balaban J connectivity index is 1.52. The van der Waals surface area contributed by atoms with Crippen LogP contribution in [0.5, 0.6) is 0 Å². The maximum Gasteiger partial charge on any atom is 0.273 e. The van der Waals surface area contributed by atoms with Crippen molar-refractivity contribution >= 4 is 33.0 Å². The van der Waals surface area contributed by atoms with E-state index in [1.807, 2.05) is 0 Å². The second kappa shape index (κ2) is 7.44. The van der Waals surface area contributed by atoms with Crippen LogP contribution in [-0.2, 0) is 24.2 Å². The number of carbonyl (C=O) groups is 1. The first-order valence-corrected chi connectivity index (χ1v) is 9.96. The number of H-pyrrole nitrogens is 1. The van der Waals surface area contributed by atoms with Crippen molar-refractivity contribution in [3.63, 3.8) is 0 Å². The minimum Gasteiger partial charge on any atom is -0.317 e. The van der Waals surface area contributed by atoms with E-state index in [1.54, 1.807) is 24.3 Å². The van der Waals surface area contributed by atoms with Gasteiger partial charge in [-0.15, -0.1) is 11.3 Å². The zero-order valence-corrected chi connectivity index (χ0v) is 15.9. The molecule has 28 heavy (non-hydrogen) atoms. The van der Waals surface area contributed by atoms with Crippen molar-refractivity contribution in [3.8, 4) is 6.07 Å². The highest BCUT2D eigenvalue weighted by Crippen LogP contribution is 2.37. The summed E-state index contributed by atoms with van der Waals surface area (Å²) in [5, 5.41) is 16.0. The predicted octanol–water partition coefficient (Wildman–Crippen LogP) is 2.53. The Hall–Kier alpha value is -3.18. The maximum absolute atomic E-state index is 12.5. The Morgan fingerprint density at radius 2 is 1.96 bits per heavy atom. The summed E-state index contributed by atoms with van der Waals surface area (Å²) < 4.78 is 1.16. The second-order valence-electron chi connectivity index (χ2n) is 6.77. The van der Waals surface area contributed by atoms with Gasteiger partial charge in [-0.2, -0.15) is 5.26 Å². The van der Waals surface area contributed by atoms with E-state index in [-0.39, 0.29) is 30.0 Å². The molecule has 1 aliphatic rings. The highest BCUT2D eigenvalue weighted by Gasteiger charge is 2.21. The summed E-state index contributed by atoms with van der Waals surface area (Å²) in [6, 6.07) is 8.79. The molecule has 2 heterocycles. The van der Waals surface area contributed by atoms with E-state index in [0.717, 1.165) is 35.9 Å². The number of amides is 1. The number of nitrogens with one attached hydrogen (secondary N) is 2. The van der Waals surface area contributed by atoms with E-state index in [9.17, 15) is 19.6 Å². The summed E-state index contributed by atoms with van der Waals surface area (Å²) in [6.07, 6.45) is 3.99. The fourth-order valence-corrected chi connectivity index (χ4v) is 4.83. The van der Waals surface area contributed by atoms with Gasteiger partial charge in [-0.25, -0.2) is 4.68 Å². The van der Waals surface area contributed by atoms with Crippen molar-refractivity contribution in [2.75, 3.05) is 5.32 Å². The van der Waals surface area contributed by atoms with Crippen molar-refractivity contribution in [2.45, 2.75) is 38.6 Å². The number of fused-ring (bicyclic) bond motifs is 2. The van der Waals surface area contributed by atoms with Crippen LogP contribution in [0.25, 0.3) is 10.8 Å². The molecule has 0 atom stereocenters. The molecule has 1 aliphatic carbocycles. The van der Waals surface area contributed by atoms with Gasteiger partial charge in [-0.05, 0) is 43.4 Å². The lowest BCUT2D eigenvalue weighted by Gasteiger charge is -2.09. The fraction of sp³-hybridized carbons (Fsp3) is 0.300. The van der Waals surface area contributed by atoms with Crippen molar-refractivity contribution in [1.29, 1.82) is 5.26 Å². The number of aromatic nitrogens is 2. The average molecular weight is 394 g/mol. The number of anilines is 1. The zero-order chi connectivity index (χ0) is 19.7. The summed E-state index contributed by atoms with van der Waals surface area (Å²) in [5.74, 6) is -0.295. The van der Waals surface area contributed by atoms with Crippen LogP contribution in [-0.4, -0.2) is 15.7 Å². The van der Waals surface area contributed by atoms with Crippen LogP contribution < -0.4 is 16.4 Å². The SMILES string of the molecule is N#Cc1c(NC(=O)CCn2[nH]c(=O)c3ccccc3c2=O)sc2c1CCCC2. The average Bonchev–Trinajstić information content (AvgIpc) is 3.06. The fourth-order valence-electron chi connectivity index (χ4n) is 3.58. The number of hydrogen-bond donors (Lipinski definition) is 2. The van der Waals surface area contributed by atoms with E-state index >= 15 is 0 Å². The van der Waals surface area contributed by atoms with Gasteiger partial charge in [0.05, 0.1) is 22.9 Å². The molecule has 2 N–H and O–H groups in total. The second-order valence-corrected chi connectivity index (χ2v) is 7.87. The van der Waals surface area contributed by atoms with E-state index in [1.165, 1.54) is 16.2 Å². The number of nitriles is 1. The number of hydrogen-bond acceptors (Lipinski definition) is 5. The minimum atomic E-state index is -0.367. The molecule has 0 radical (unpaired) electrons. The molecule has 3 aromatic rings. The lowest BCUT2D eigenvalue weighted by Crippen LogP contribution is -2.31. The number of rotatable bonds is 4. The Labute approximate surface area is 164 Å². The van der Waals surface area contributed by atoms with Crippen molar-refractivity contribution in [1.82, 2.24) is 9.78 Å². The highest BCUT2D eigenvalue weighted by molar-refractivity contribution is 7.16. The first-order chi connectivity index (χ1) is 13.6. The topological polar surface area (TPSA) is 108 Å². The number of benzene rings is 1. The van der Waals surface area contributed by atoms with E-state index in [4.69, 9.17) is 0 Å². The molecule has 0 aliphatic heterocycles. The summed E-state index contributed by atoms with van der Waals surface area (Å²) in [6.45, 7) is 0.0533. The third-order valence-corrected chi connectivity index (χ3v) is 6.19. The summed E-state index contributed by atoms with van der Waals surface area (Å²) in [5.41, 5.74) is 0.911. The van der Waals surface area contributed by atoms with Crippen LogP contribution in [0.3, 0.4) is 0 Å². The molecule has 0 saturated carbocycles. The van der Waals surface area contributed by atoms with Crippen LogP contribution in [0.1, 0.15) is 35.3 Å². The first-order valence-electron chi connectivity index (χ1n) is 9.15. The molecule has 142 valence electrons. The number of aryl methyl sites for hydroxylation is 2.